The number of urea groups is 1. The molecule has 130 valence electrons. The Bertz CT molecular complexity index is 981. The van der Waals surface area contributed by atoms with Crippen molar-refractivity contribution in [2.24, 2.45) is 5.10 Å². The molecule has 0 saturated carbocycles. The molecule has 2 aliphatic rings. The number of nitrogens with zero attached hydrogens (tertiary/aromatic N) is 4. The number of hydrogen-bond donors (Lipinski definition) is 1. The Balaban J connectivity index is 1.87. The van der Waals surface area contributed by atoms with E-state index >= 15 is 0 Å². The summed E-state index contributed by atoms with van der Waals surface area (Å²) in [6.07, 6.45) is 1.18. The number of carbonyl (C=O) groups is 1. The second-order valence-electron chi connectivity index (χ2n) is 5.93. The molecule has 1 saturated heterocycles. The maximum absolute atomic E-state index is 13.0. The molecule has 25 heavy (non-hydrogen) atoms. The molecular formula is C17H19N5O2S. The molecule has 2 atom stereocenters. The number of hydrogen-bond acceptors (Lipinski definition) is 5. The first-order chi connectivity index (χ1) is 12.2. The van der Waals surface area contributed by atoms with Gasteiger partial charge in [0.1, 0.15) is 0 Å². The van der Waals surface area contributed by atoms with Crippen LogP contribution in [0.2, 0.25) is 0 Å². The lowest BCUT2D eigenvalue weighted by atomic mass is 10.2. The Morgan fingerprint density at radius 3 is 2.56 bits per heavy atom. The van der Waals surface area contributed by atoms with Gasteiger partial charge in [0.05, 0.1) is 4.53 Å². The number of likely N-dealkylation sites (N-methyl/N-ethyl adjacent to an activating group) is 2. The van der Waals surface area contributed by atoms with E-state index in [1.807, 2.05) is 50.3 Å². The van der Waals surface area contributed by atoms with E-state index < -0.39 is 0 Å². The standard InChI is InChI=1S/C17H19N5O2S/c1-3-20-13-14(21(4-2)17(20)24)22-15(23)12(25-16(22)19-18-13)10-11-8-6-5-7-9-11/h5-10,13-14,18H,3-4H2,1-2H3/b12-10-. The van der Waals surface area contributed by atoms with Crippen molar-refractivity contribution in [3.8, 4) is 0 Å². The zero-order valence-electron chi connectivity index (χ0n) is 14.0. The maximum Gasteiger partial charge on any atom is 0.323 e. The zero-order chi connectivity index (χ0) is 17.6. The highest BCUT2D eigenvalue weighted by Crippen LogP contribution is 2.28. The molecule has 4 rings (SSSR count). The first-order valence-corrected chi connectivity index (χ1v) is 9.16. The summed E-state index contributed by atoms with van der Waals surface area (Å²) < 4.78 is 2.27. The Morgan fingerprint density at radius 1 is 1.16 bits per heavy atom. The third-order valence-electron chi connectivity index (χ3n) is 4.60. The summed E-state index contributed by atoms with van der Waals surface area (Å²) in [7, 11) is 0. The van der Waals surface area contributed by atoms with Gasteiger partial charge in [-0.05, 0) is 25.5 Å². The summed E-state index contributed by atoms with van der Waals surface area (Å²) in [4.78, 5) is 29.7. The number of benzene rings is 1. The molecule has 8 heteroatoms. The predicted octanol–water partition coefficient (Wildman–Crippen LogP) is 0.478. The van der Waals surface area contributed by atoms with Crippen LogP contribution in [-0.2, 0) is 0 Å². The van der Waals surface area contributed by atoms with Crippen molar-refractivity contribution in [3.63, 3.8) is 0 Å². The van der Waals surface area contributed by atoms with Crippen molar-refractivity contribution in [2.45, 2.75) is 26.2 Å². The van der Waals surface area contributed by atoms with Gasteiger partial charge >= 0.3 is 6.03 Å². The Labute approximate surface area is 148 Å². The Kier molecular flexibility index (Phi) is 3.84. The van der Waals surface area contributed by atoms with E-state index in [-0.39, 0.29) is 23.9 Å². The highest BCUT2D eigenvalue weighted by atomic mass is 32.1. The van der Waals surface area contributed by atoms with Crippen LogP contribution in [0.25, 0.3) is 6.08 Å². The molecule has 2 aliphatic heterocycles. The molecule has 1 aromatic heterocycles. The van der Waals surface area contributed by atoms with Crippen LogP contribution in [0.3, 0.4) is 0 Å². The van der Waals surface area contributed by atoms with Crippen molar-refractivity contribution in [1.29, 1.82) is 0 Å². The van der Waals surface area contributed by atoms with Gasteiger partial charge in [0, 0.05) is 13.1 Å². The van der Waals surface area contributed by atoms with Crippen LogP contribution in [-0.4, -0.2) is 39.7 Å². The minimum Gasteiger partial charge on any atom is -0.300 e. The van der Waals surface area contributed by atoms with Crippen molar-refractivity contribution >= 4 is 23.4 Å². The maximum atomic E-state index is 13.0. The number of thiazole rings is 1. The van der Waals surface area contributed by atoms with Crippen LogP contribution in [0.4, 0.5) is 4.79 Å². The van der Waals surface area contributed by atoms with Crippen molar-refractivity contribution in [1.82, 2.24) is 19.8 Å². The lowest BCUT2D eigenvalue weighted by molar-refractivity contribution is 0.151. The molecule has 0 aliphatic carbocycles. The molecule has 0 spiro atoms. The minimum atomic E-state index is -0.369. The molecule has 1 aromatic carbocycles. The van der Waals surface area contributed by atoms with Crippen LogP contribution >= 0.6 is 11.3 Å². The Hall–Kier alpha value is -2.61. The van der Waals surface area contributed by atoms with Gasteiger partial charge in [0.15, 0.2) is 12.3 Å². The van der Waals surface area contributed by atoms with Gasteiger partial charge in [-0.25, -0.2) is 4.79 Å². The molecule has 2 unspecified atom stereocenters. The number of nitrogens with one attached hydrogen (secondary N) is 1. The summed E-state index contributed by atoms with van der Waals surface area (Å²) in [6, 6.07) is 9.66. The SMILES string of the molecule is CCN1C(=O)N(CC)C2C1NN=c1s/c(=C\c3ccccc3)c(=O)n12. The predicted molar refractivity (Wildman–Crippen MR) is 95.5 cm³/mol. The highest BCUT2D eigenvalue weighted by Gasteiger charge is 2.48. The number of amides is 2. The van der Waals surface area contributed by atoms with E-state index in [4.69, 9.17) is 0 Å². The van der Waals surface area contributed by atoms with Gasteiger partial charge < -0.3 is 0 Å². The second-order valence-corrected chi connectivity index (χ2v) is 6.94. The number of aromatic nitrogens is 1. The van der Waals surface area contributed by atoms with E-state index in [9.17, 15) is 9.59 Å². The topological polar surface area (TPSA) is 69.9 Å². The lowest BCUT2D eigenvalue weighted by Gasteiger charge is -2.29. The number of rotatable bonds is 3. The smallest absolute Gasteiger partial charge is 0.300 e. The molecule has 2 aromatic rings. The van der Waals surface area contributed by atoms with Crippen molar-refractivity contribution < 1.29 is 4.79 Å². The van der Waals surface area contributed by atoms with Crippen LogP contribution in [0.1, 0.15) is 25.6 Å². The van der Waals surface area contributed by atoms with E-state index in [2.05, 4.69) is 10.5 Å². The summed E-state index contributed by atoms with van der Waals surface area (Å²) in [6.45, 7) is 4.96. The molecule has 3 heterocycles. The average molecular weight is 357 g/mol. The quantitative estimate of drug-likeness (QED) is 0.869. The van der Waals surface area contributed by atoms with Gasteiger partial charge in [-0.2, -0.15) is 0 Å². The van der Waals surface area contributed by atoms with Crippen molar-refractivity contribution in [2.75, 3.05) is 13.1 Å². The largest absolute Gasteiger partial charge is 0.323 e. The molecular weight excluding hydrogens is 338 g/mol. The monoisotopic (exact) mass is 357 g/mol. The molecule has 7 nitrogen and oxygen atoms in total. The molecule has 1 fully saturated rings. The van der Waals surface area contributed by atoms with Crippen LogP contribution < -0.4 is 20.3 Å². The van der Waals surface area contributed by atoms with Gasteiger partial charge in [0.2, 0.25) is 4.80 Å². The first-order valence-electron chi connectivity index (χ1n) is 8.34. The summed E-state index contributed by atoms with van der Waals surface area (Å²) >= 11 is 1.34. The fourth-order valence-electron chi connectivity index (χ4n) is 3.42. The van der Waals surface area contributed by atoms with Crippen LogP contribution in [0.15, 0.2) is 40.2 Å². The van der Waals surface area contributed by atoms with Crippen molar-refractivity contribution in [3.05, 3.63) is 55.6 Å². The zero-order valence-corrected chi connectivity index (χ0v) is 14.9. The molecule has 0 radical (unpaired) electrons. The first kappa shape index (κ1) is 15.9. The van der Waals surface area contributed by atoms with E-state index in [0.717, 1.165) is 5.56 Å². The molecule has 0 bridgehead atoms. The van der Waals surface area contributed by atoms with Gasteiger partial charge in [-0.15, -0.1) is 5.10 Å². The third-order valence-corrected chi connectivity index (χ3v) is 5.58. The van der Waals surface area contributed by atoms with Gasteiger partial charge in [-0.3, -0.25) is 24.6 Å². The van der Waals surface area contributed by atoms with Gasteiger partial charge in [-0.1, -0.05) is 41.7 Å². The minimum absolute atomic E-state index is 0.0674. The normalized spacial score (nSPS) is 22.5. The average Bonchev–Trinajstić information content (AvgIpc) is 3.09. The van der Waals surface area contributed by atoms with E-state index in [0.29, 0.717) is 22.4 Å². The number of carbonyl (C=O) groups excluding carboxylic acids is 1. The summed E-state index contributed by atoms with van der Waals surface area (Å²) in [5.74, 6) is 0. The third kappa shape index (κ3) is 2.36. The van der Waals surface area contributed by atoms with E-state index in [1.54, 1.807) is 14.4 Å². The summed E-state index contributed by atoms with van der Waals surface area (Å²) in [5, 5.41) is 4.35. The second kappa shape index (κ2) is 6.03. The van der Waals surface area contributed by atoms with Gasteiger partial charge in [0.25, 0.3) is 5.56 Å². The Morgan fingerprint density at radius 2 is 1.88 bits per heavy atom. The van der Waals surface area contributed by atoms with Crippen LogP contribution in [0, 0.1) is 0 Å². The van der Waals surface area contributed by atoms with E-state index in [1.165, 1.54) is 11.3 Å². The fraction of sp³-hybridized carbons (Fsp3) is 0.353. The van der Waals surface area contributed by atoms with Crippen LogP contribution in [0.5, 0.6) is 0 Å². The molecule has 2 amide bonds. The lowest BCUT2D eigenvalue weighted by Crippen LogP contribution is -2.53. The fourth-order valence-corrected chi connectivity index (χ4v) is 4.38. The number of fused-ring (bicyclic) bond motifs is 3. The summed E-state index contributed by atoms with van der Waals surface area (Å²) in [5.41, 5.74) is 3.93. The molecule has 1 N–H and O–H groups in total. The highest BCUT2D eigenvalue weighted by molar-refractivity contribution is 7.07.